The summed E-state index contributed by atoms with van der Waals surface area (Å²) in [4.78, 5) is 12.2. The van der Waals surface area contributed by atoms with Crippen LogP contribution in [0.2, 0.25) is 0 Å². The van der Waals surface area contributed by atoms with E-state index in [1.54, 1.807) is 12.1 Å². The molecule has 1 aliphatic heterocycles. The van der Waals surface area contributed by atoms with Gasteiger partial charge in [-0.2, -0.15) is 0 Å². The predicted molar refractivity (Wildman–Crippen MR) is 76.0 cm³/mol. The molecule has 1 aliphatic rings. The number of hydrogen-bond donors (Lipinski definition) is 3. The summed E-state index contributed by atoms with van der Waals surface area (Å²) < 4.78 is 25.7. The highest BCUT2D eigenvalue weighted by molar-refractivity contribution is 7.89. The van der Waals surface area contributed by atoms with Crippen LogP contribution in [0.15, 0.2) is 29.2 Å². The van der Waals surface area contributed by atoms with Gasteiger partial charge in [-0.25, -0.2) is 13.1 Å². The van der Waals surface area contributed by atoms with Crippen molar-refractivity contribution in [2.75, 3.05) is 20.1 Å². The molecule has 1 fully saturated rings. The Morgan fingerprint density at radius 2 is 2.20 bits per heavy atom. The van der Waals surface area contributed by atoms with Gasteiger partial charge >= 0.3 is 0 Å². The molecule has 1 amide bonds. The topological polar surface area (TPSA) is 87.3 Å². The third-order valence-corrected chi connectivity index (χ3v) is 4.72. The molecule has 20 heavy (non-hydrogen) atoms. The number of rotatable bonds is 4. The highest BCUT2D eigenvalue weighted by Gasteiger charge is 2.18. The van der Waals surface area contributed by atoms with Gasteiger partial charge in [0.25, 0.3) is 5.91 Å². The Labute approximate surface area is 119 Å². The number of piperidine rings is 1. The van der Waals surface area contributed by atoms with Crippen LogP contribution in [0.5, 0.6) is 0 Å². The minimum atomic E-state index is -3.53. The zero-order valence-corrected chi connectivity index (χ0v) is 12.2. The van der Waals surface area contributed by atoms with Gasteiger partial charge in [-0.15, -0.1) is 0 Å². The van der Waals surface area contributed by atoms with Crippen molar-refractivity contribution in [2.45, 2.75) is 23.8 Å². The summed E-state index contributed by atoms with van der Waals surface area (Å²) in [6.45, 7) is 1.72. The van der Waals surface area contributed by atoms with Crippen LogP contribution in [0.25, 0.3) is 0 Å². The summed E-state index contributed by atoms with van der Waals surface area (Å²) in [7, 11) is -2.19. The van der Waals surface area contributed by atoms with Gasteiger partial charge in [0.05, 0.1) is 4.90 Å². The van der Waals surface area contributed by atoms with E-state index in [0.717, 1.165) is 25.9 Å². The number of hydrogen-bond acceptors (Lipinski definition) is 4. The van der Waals surface area contributed by atoms with E-state index < -0.39 is 10.0 Å². The lowest BCUT2D eigenvalue weighted by molar-refractivity contribution is 0.0930. The standard InChI is InChI=1S/C13H19N3O3S/c1-14-20(18,19)12-6-2-4-10(8-12)13(17)16-11-5-3-7-15-9-11/h2,4,6,8,11,14-15H,3,5,7,9H2,1H3,(H,16,17)/t11-/m0/s1. The Bertz CT molecular complexity index is 580. The van der Waals surface area contributed by atoms with Gasteiger partial charge in [-0.1, -0.05) is 6.07 Å². The van der Waals surface area contributed by atoms with Gasteiger partial charge < -0.3 is 10.6 Å². The molecule has 0 saturated carbocycles. The summed E-state index contributed by atoms with van der Waals surface area (Å²) in [6, 6.07) is 6.13. The maximum atomic E-state index is 12.1. The Morgan fingerprint density at radius 1 is 1.40 bits per heavy atom. The molecule has 6 nitrogen and oxygen atoms in total. The number of benzene rings is 1. The minimum Gasteiger partial charge on any atom is -0.348 e. The van der Waals surface area contributed by atoms with E-state index in [0.29, 0.717) is 5.56 Å². The van der Waals surface area contributed by atoms with E-state index in [-0.39, 0.29) is 16.8 Å². The van der Waals surface area contributed by atoms with Crippen LogP contribution in [0.1, 0.15) is 23.2 Å². The average molecular weight is 297 g/mol. The third kappa shape index (κ3) is 3.56. The average Bonchev–Trinajstić information content (AvgIpc) is 2.48. The zero-order valence-electron chi connectivity index (χ0n) is 11.3. The van der Waals surface area contributed by atoms with Gasteiger partial charge in [0.15, 0.2) is 0 Å². The third-order valence-electron chi connectivity index (χ3n) is 3.31. The molecule has 3 N–H and O–H groups in total. The minimum absolute atomic E-state index is 0.0921. The first-order chi connectivity index (χ1) is 9.53. The molecule has 1 heterocycles. The molecule has 1 saturated heterocycles. The molecule has 1 aromatic carbocycles. The molecule has 0 radical (unpaired) electrons. The van der Waals surface area contributed by atoms with E-state index in [2.05, 4.69) is 15.4 Å². The maximum Gasteiger partial charge on any atom is 0.251 e. The Hall–Kier alpha value is -1.44. The molecule has 2 rings (SSSR count). The Morgan fingerprint density at radius 3 is 2.85 bits per heavy atom. The van der Waals surface area contributed by atoms with Crippen molar-refractivity contribution in [3.05, 3.63) is 29.8 Å². The Kier molecular flexibility index (Phi) is 4.74. The van der Waals surface area contributed by atoms with Gasteiger partial charge in [-0.3, -0.25) is 4.79 Å². The molecule has 0 aliphatic carbocycles. The van der Waals surface area contributed by atoms with Gasteiger partial charge in [-0.05, 0) is 44.6 Å². The summed E-state index contributed by atoms with van der Waals surface area (Å²) in [6.07, 6.45) is 1.96. The highest BCUT2D eigenvalue weighted by Crippen LogP contribution is 2.12. The molecular weight excluding hydrogens is 278 g/mol. The lowest BCUT2D eigenvalue weighted by Crippen LogP contribution is -2.45. The van der Waals surface area contributed by atoms with E-state index >= 15 is 0 Å². The van der Waals surface area contributed by atoms with Crippen molar-refractivity contribution in [1.82, 2.24) is 15.4 Å². The quantitative estimate of drug-likeness (QED) is 0.734. The largest absolute Gasteiger partial charge is 0.348 e. The van der Waals surface area contributed by atoms with Gasteiger partial charge in [0.2, 0.25) is 10.0 Å². The number of carbonyl (C=O) groups excluding carboxylic acids is 1. The zero-order chi connectivity index (χ0) is 14.6. The molecule has 1 aromatic rings. The van der Waals surface area contributed by atoms with Gasteiger partial charge in [0, 0.05) is 18.2 Å². The van der Waals surface area contributed by atoms with Crippen molar-refractivity contribution < 1.29 is 13.2 Å². The fourth-order valence-corrected chi connectivity index (χ4v) is 2.94. The van der Waals surface area contributed by atoms with E-state index in [4.69, 9.17) is 0 Å². The van der Waals surface area contributed by atoms with Crippen LogP contribution in [0.3, 0.4) is 0 Å². The molecule has 0 bridgehead atoms. The molecule has 0 spiro atoms. The van der Waals surface area contributed by atoms with Crippen molar-refractivity contribution >= 4 is 15.9 Å². The molecule has 7 heteroatoms. The second kappa shape index (κ2) is 6.34. The SMILES string of the molecule is CNS(=O)(=O)c1cccc(C(=O)N[C@H]2CCCNC2)c1. The van der Waals surface area contributed by atoms with Crippen LogP contribution in [-0.2, 0) is 10.0 Å². The molecule has 1 atom stereocenters. The van der Waals surface area contributed by atoms with E-state index in [1.165, 1.54) is 19.2 Å². The fraction of sp³-hybridized carbons (Fsp3) is 0.462. The lowest BCUT2D eigenvalue weighted by Gasteiger charge is -2.23. The first-order valence-electron chi connectivity index (χ1n) is 6.58. The number of carbonyl (C=O) groups is 1. The summed E-state index contributed by atoms with van der Waals surface area (Å²) >= 11 is 0. The maximum absolute atomic E-state index is 12.1. The fourth-order valence-electron chi connectivity index (χ4n) is 2.17. The highest BCUT2D eigenvalue weighted by atomic mass is 32.2. The van der Waals surface area contributed by atoms with E-state index in [9.17, 15) is 13.2 Å². The number of sulfonamides is 1. The van der Waals surface area contributed by atoms with Crippen LogP contribution >= 0.6 is 0 Å². The first-order valence-corrected chi connectivity index (χ1v) is 8.06. The van der Waals surface area contributed by atoms with E-state index in [1.807, 2.05) is 0 Å². The van der Waals surface area contributed by atoms with Crippen molar-refractivity contribution in [3.63, 3.8) is 0 Å². The van der Waals surface area contributed by atoms with Crippen LogP contribution < -0.4 is 15.4 Å². The Balaban J connectivity index is 2.12. The summed E-state index contributed by atoms with van der Waals surface area (Å²) in [5, 5.41) is 6.13. The molecule has 110 valence electrons. The summed E-state index contributed by atoms with van der Waals surface area (Å²) in [5.74, 6) is -0.244. The van der Waals surface area contributed by atoms with Crippen LogP contribution in [0, 0.1) is 0 Å². The molecule has 0 unspecified atom stereocenters. The normalized spacial score (nSPS) is 19.6. The second-order valence-electron chi connectivity index (χ2n) is 4.75. The van der Waals surface area contributed by atoms with Crippen molar-refractivity contribution in [2.24, 2.45) is 0 Å². The molecular formula is C13H19N3O3S. The first kappa shape index (κ1) is 15.0. The van der Waals surface area contributed by atoms with Crippen LogP contribution in [0.4, 0.5) is 0 Å². The van der Waals surface area contributed by atoms with Crippen LogP contribution in [-0.4, -0.2) is 40.5 Å². The van der Waals surface area contributed by atoms with Gasteiger partial charge in [0.1, 0.15) is 0 Å². The number of nitrogens with one attached hydrogen (secondary N) is 3. The monoisotopic (exact) mass is 297 g/mol. The smallest absolute Gasteiger partial charge is 0.251 e. The second-order valence-corrected chi connectivity index (χ2v) is 6.64. The molecule has 0 aromatic heterocycles. The van der Waals surface area contributed by atoms with Crippen molar-refractivity contribution in [1.29, 1.82) is 0 Å². The van der Waals surface area contributed by atoms with Crippen molar-refractivity contribution in [3.8, 4) is 0 Å². The number of amides is 1. The lowest BCUT2D eigenvalue weighted by atomic mass is 10.1. The summed E-state index contributed by atoms with van der Waals surface area (Å²) in [5.41, 5.74) is 0.354. The predicted octanol–water partition coefficient (Wildman–Crippen LogP) is 0.0765.